The fraction of sp³-hybridized carbons (Fsp3) is 0.900. The summed E-state index contributed by atoms with van der Waals surface area (Å²) in [6, 6.07) is 0. The van der Waals surface area contributed by atoms with Gasteiger partial charge in [0.05, 0.1) is 0 Å². The molecule has 0 spiro atoms. The van der Waals surface area contributed by atoms with Gasteiger partial charge < -0.3 is 4.90 Å². The van der Waals surface area contributed by atoms with Gasteiger partial charge in [0.15, 0.2) is 0 Å². The predicted octanol–water partition coefficient (Wildman–Crippen LogP) is 2.38. The van der Waals surface area contributed by atoms with E-state index in [1.165, 1.54) is 32.1 Å². The first kappa shape index (κ1) is 10.4. The van der Waals surface area contributed by atoms with E-state index in [2.05, 4.69) is 18.9 Å². The van der Waals surface area contributed by atoms with Crippen LogP contribution in [0.5, 0.6) is 0 Å². The van der Waals surface area contributed by atoms with Crippen LogP contribution in [0.1, 0.15) is 32.1 Å². The molecule has 0 unspecified atom stereocenters. The van der Waals surface area contributed by atoms with Crippen LogP contribution in [0.2, 0.25) is 0 Å². The molecule has 0 heterocycles. The maximum atomic E-state index is 4.77. The van der Waals surface area contributed by atoms with E-state index >= 15 is 0 Å². The molecule has 1 rings (SSSR count). The van der Waals surface area contributed by atoms with Gasteiger partial charge in [-0.1, -0.05) is 19.3 Å². The fourth-order valence-corrected chi connectivity index (χ4v) is 2.51. The van der Waals surface area contributed by atoms with E-state index in [9.17, 15) is 0 Å². The molecule has 0 aromatic carbocycles. The molecule has 1 radical (unpaired) electrons. The van der Waals surface area contributed by atoms with Gasteiger partial charge in [-0.3, -0.25) is 0 Å². The average Bonchev–Trinajstić information content (AvgIpc) is 2.05. The number of hydrogen-bond donors (Lipinski definition) is 1. The first-order valence-electron chi connectivity index (χ1n) is 4.86. The highest BCUT2D eigenvalue weighted by Crippen LogP contribution is 2.33. The highest BCUT2D eigenvalue weighted by Gasteiger charge is 2.28. The summed E-state index contributed by atoms with van der Waals surface area (Å²) in [5, 5.41) is 0. The minimum absolute atomic E-state index is 0.282. The standard InChI is InChI=1S/C10H20NS/c1-3-11(2)9-10(12)7-5-4-6-8-10/h12H,1,3-9H2,2H3. The van der Waals surface area contributed by atoms with Gasteiger partial charge in [0.25, 0.3) is 0 Å². The molecule has 0 N–H and O–H groups in total. The van der Waals surface area contributed by atoms with Crippen molar-refractivity contribution in [2.45, 2.75) is 36.9 Å². The molecule has 1 aliphatic rings. The fourth-order valence-electron chi connectivity index (χ4n) is 1.95. The van der Waals surface area contributed by atoms with Gasteiger partial charge in [0.2, 0.25) is 0 Å². The Morgan fingerprint density at radius 2 is 1.92 bits per heavy atom. The molecule has 1 saturated carbocycles. The Bertz CT molecular complexity index is 130. The Labute approximate surface area is 81.9 Å². The van der Waals surface area contributed by atoms with Crippen LogP contribution in [0.25, 0.3) is 0 Å². The lowest BCUT2D eigenvalue weighted by Crippen LogP contribution is -2.38. The molecular weight excluding hydrogens is 166 g/mol. The van der Waals surface area contributed by atoms with Crippen LogP contribution in [0.4, 0.5) is 0 Å². The van der Waals surface area contributed by atoms with Crippen molar-refractivity contribution in [1.82, 2.24) is 4.90 Å². The van der Waals surface area contributed by atoms with E-state index < -0.39 is 0 Å². The minimum atomic E-state index is 0.282. The molecule has 0 amide bonds. The molecule has 0 atom stereocenters. The van der Waals surface area contributed by atoms with E-state index in [0.717, 1.165) is 13.1 Å². The van der Waals surface area contributed by atoms with E-state index in [-0.39, 0.29) is 4.75 Å². The molecule has 0 aromatic rings. The maximum Gasteiger partial charge on any atom is 0.0256 e. The van der Waals surface area contributed by atoms with Crippen LogP contribution < -0.4 is 0 Å². The molecule has 1 nitrogen and oxygen atoms in total. The normalized spacial score (nSPS) is 23.0. The van der Waals surface area contributed by atoms with Crippen LogP contribution in [-0.4, -0.2) is 29.8 Å². The van der Waals surface area contributed by atoms with Crippen molar-refractivity contribution in [3.8, 4) is 0 Å². The number of rotatable bonds is 3. The SMILES string of the molecule is [CH2]CN(C)CC1(S)CCCCC1. The molecule has 0 saturated heterocycles. The largest absolute Gasteiger partial charge is 0.305 e. The highest BCUT2D eigenvalue weighted by atomic mass is 32.1. The summed E-state index contributed by atoms with van der Waals surface area (Å²) >= 11 is 4.77. The van der Waals surface area contributed by atoms with Gasteiger partial charge in [-0.25, -0.2) is 0 Å². The van der Waals surface area contributed by atoms with Crippen molar-refractivity contribution < 1.29 is 0 Å². The lowest BCUT2D eigenvalue weighted by molar-refractivity contribution is 0.276. The van der Waals surface area contributed by atoms with Crippen LogP contribution in [-0.2, 0) is 0 Å². The van der Waals surface area contributed by atoms with Gasteiger partial charge in [0, 0.05) is 11.3 Å². The van der Waals surface area contributed by atoms with Crippen molar-refractivity contribution in [3.63, 3.8) is 0 Å². The van der Waals surface area contributed by atoms with Crippen molar-refractivity contribution in [1.29, 1.82) is 0 Å². The van der Waals surface area contributed by atoms with Gasteiger partial charge in [-0.15, -0.1) is 0 Å². The minimum Gasteiger partial charge on any atom is -0.305 e. The summed E-state index contributed by atoms with van der Waals surface area (Å²) in [5.41, 5.74) is 0. The molecule has 1 aliphatic carbocycles. The molecule has 71 valence electrons. The average molecular weight is 186 g/mol. The van der Waals surface area contributed by atoms with Gasteiger partial charge in [-0.05, 0) is 33.4 Å². The molecule has 2 heteroatoms. The number of nitrogens with zero attached hydrogens (tertiary/aromatic N) is 1. The second-order valence-corrected chi connectivity index (χ2v) is 4.97. The first-order chi connectivity index (χ1) is 5.66. The third-order valence-corrected chi connectivity index (χ3v) is 3.32. The Morgan fingerprint density at radius 3 is 2.42 bits per heavy atom. The van der Waals surface area contributed by atoms with Gasteiger partial charge >= 0.3 is 0 Å². The lowest BCUT2D eigenvalue weighted by atomic mass is 9.88. The third kappa shape index (κ3) is 2.98. The van der Waals surface area contributed by atoms with Crippen molar-refractivity contribution >= 4 is 12.6 Å². The van der Waals surface area contributed by atoms with Crippen LogP contribution in [0.15, 0.2) is 0 Å². The Morgan fingerprint density at radius 1 is 1.33 bits per heavy atom. The molecule has 12 heavy (non-hydrogen) atoms. The summed E-state index contributed by atoms with van der Waals surface area (Å²) in [6.45, 7) is 5.86. The monoisotopic (exact) mass is 186 g/mol. The molecular formula is C10H20NS. The van der Waals surface area contributed by atoms with E-state index in [4.69, 9.17) is 12.6 Å². The highest BCUT2D eigenvalue weighted by molar-refractivity contribution is 7.81. The quantitative estimate of drug-likeness (QED) is 0.662. The topological polar surface area (TPSA) is 3.24 Å². The van der Waals surface area contributed by atoms with Crippen molar-refractivity contribution in [3.05, 3.63) is 6.92 Å². The maximum absolute atomic E-state index is 4.77. The molecule has 0 bridgehead atoms. The van der Waals surface area contributed by atoms with Crippen molar-refractivity contribution in [2.24, 2.45) is 0 Å². The second kappa shape index (κ2) is 4.52. The van der Waals surface area contributed by atoms with E-state index in [1.54, 1.807) is 0 Å². The zero-order valence-electron chi connectivity index (χ0n) is 8.05. The van der Waals surface area contributed by atoms with Crippen molar-refractivity contribution in [2.75, 3.05) is 20.1 Å². The van der Waals surface area contributed by atoms with Crippen LogP contribution in [0.3, 0.4) is 0 Å². The Kier molecular flexibility index (Phi) is 3.91. The lowest BCUT2D eigenvalue weighted by Gasteiger charge is -2.35. The summed E-state index contributed by atoms with van der Waals surface area (Å²) in [5.74, 6) is 0. The molecule has 1 fully saturated rings. The predicted molar refractivity (Wildman–Crippen MR) is 57.7 cm³/mol. The number of thiol groups is 1. The summed E-state index contributed by atoms with van der Waals surface area (Å²) < 4.78 is 0.282. The Balaban J connectivity index is 2.35. The first-order valence-corrected chi connectivity index (χ1v) is 5.31. The van der Waals surface area contributed by atoms with E-state index in [1.807, 2.05) is 0 Å². The number of hydrogen-bond acceptors (Lipinski definition) is 2. The van der Waals surface area contributed by atoms with Crippen LogP contribution >= 0.6 is 12.6 Å². The van der Waals surface area contributed by atoms with Crippen LogP contribution in [0, 0.1) is 6.92 Å². The molecule has 0 aliphatic heterocycles. The van der Waals surface area contributed by atoms with E-state index in [0.29, 0.717) is 0 Å². The smallest absolute Gasteiger partial charge is 0.0256 e. The van der Waals surface area contributed by atoms with Gasteiger partial charge in [-0.2, -0.15) is 12.6 Å². The zero-order chi connectivity index (χ0) is 9.03. The summed E-state index contributed by atoms with van der Waals surface area (Å²) in [7, 11) is 2.12. The Hall–Kier alpha value is 0.310. The second-order valence-electron chi connectivity index (χ2n) is 4.02. The molecule has 0 aromatic heterocycles. The summed E-state index contributed by atoms with van der Waals surface area (Å²) in [6.07, 6.45) is 6.67. The summed E-state index contributed by atoms with van der Waals surface area (Å²) in [4.78, 5) is 2.26. The third-order valence-electron chi connectivity index (χ3n) is 2.73. The van der Waals surface area contributed by atoms with Gasteiger partial charge in [0.1, 0.15) is 0 Å². The zero-order valence-corrected chi connectivity index (χ0v) is 8.95.